The second kappa shape index (κ2) is 8.54. The van der Waals surface area contributed by atoms with Crippen molar-refractivity contribution in [1.82, 2.24) is 20.2 Å². The molecular weight excluding hydrogens is 371 g/mol. The quantitative estimate of drug-likeness (QED) is 0.595. The second-order valence-corrected chi connectivity index (χ2v) is 6.62. The number of Topliss-reactive ketones (excluding diaryl/α,β-unsaturated/α-hetero) is 1. The van der Waals surface area contributed by atoms with Gasteiger partial charge in [0.15, 0.2) is 0 Å². The molecule has 0 saturated heterocycles. The van der Waals surface area contributed by atoms with Crippen LogP contribution in [0.3, 0.4) is 0 Å². The summed E-state index contributed by atoms with van der Waals surface area (Å²) in [5, 5.41) is 20.8. The van der Waals surface area contributed by atoms with Gasteiger partial charge in [-0.2, -0.15) is 4.68 Å². The number of carbonyl (C=O) groups excluding carboxylic acids is 1. The van der Waals surface area contributed by atoms with Crippen LogP contribution >= 0.6 is 11.8 Å². The van der Waals surface area contributed by atoms with Crippen molar-refractivity contribution in [2.24, 2.45) is 0 Å². The smallest absolute Gasteiger partial charge is 0.335 e. The first-order chi connectivity index (χ1) is 13.0. The van der Waals surface area contributed by atoms with E-state index >= 15 is 0 Å². The Bertz CT molecular complexity index is 942. The molecule has 7 nitrogen and oxygen atoms in total. The highest BCUT2D eigenvalue weighted by atomic mass is 32.2. The minimum absolute atomic E-state index is 0.0279. The molecule has 0 atom stereocenters. The fraction of sp³-hybridized carbons (Fsp3) is 0.167. The van der Waals surface area contributed by atoms with Crippen LogP contribution in [0.2, 0.25) is 0 Å². The summed E-state index contributed by atoms with van der Waals surface area (Å²) in [5.41, 5.74) is 1.67. The van der Waals surface area contributed by atoms with E-state index in [2.05, 4.69) is 15.5 Å². The molecule has 1 N–H and O–H groups in total. The number of carboxylic acids is 1. The summed E-state index contributed by atoms with van der Waals surface area (Å²) in [6, 6.07) is 12.2. The van der Waals surface area contributed by atoms with Gasteiger partial charge in [0.1, 0.15) is 11.6 Å². The van der Waals surface area contributed by atoms with Crippen molar-refractivity contribution in [3.05, 3.63) is 65.5 Å². The summed E-state index contributed by atoms with van der Waals surface area (Å²) in [7, 11) is 0. The van der Waals surface area contributed by atoms with E-state index in [0.717, 1.165) is 5.56 Å². The van der Waals surface area contributed by atoms with Gasteiger partial charge in [0.05, 0.1) is 17.0 Å². The largest absolute Gasteiger partial charge is 0.478 e. The summed E-state index contributed by atoms with van der Waals surface area (Å²) in [5.74, 6) is -1.09. The lowest BCUT2D eigenvalue weighted by Crippen LogP contribution is -2.06. The van der Waals surface area contributed by atoms with Gasteiger partial charge in [0, 0.05) is 6.42 Å². The Hall–Kier alpha value is -3.07. The molecule has 0 aliphatic carbocycles. The third-order valence-electron chi connectivity index (χ3n) is 3.77. The second-order valence-electron chi connectivity index (χ2n) is 5.68. The molecule has 0 radical (unpaired) electrons. The summed E-state index contributed by atoms with van der Waals surface area (Å²) < 4.78 is 14.3. The average Bonchev–Trinajstić information content (AvgIpc) is 3.14. The van der Waals surface area contributed by atoms with Gasteiger partial charge in [-0.25, -0.2) is 9.18 Å². The van der Waals surface area contributed by atoms with Gasteiger partial charge >= 0.3 is 5.97 Å². The van der Waals surface area contributed by atoms with Crippen LogP contribution in [0.25, 0.3) is 5.69 Å². The van der Waals surface area contributed by atoms with Crippen molar-refractivity contribution in [2.75, 3.05) is 5.75 Å². The molecule has 1 aromatic heterocycles. The number of benzene rings is 2. The molecule has 0 unspecified atom stereocenters. The molecule has 0 amide bonds. The van der Waals surface area contributed by atoms with E-state index in [1.807, 2.05) is 0 Å². The van der Waals surface area contributed by atoms with Crippen LogP contribution in [-0.2, 0) is 11.2 Å². The van der Waals surface area contributed by atoms with Crippen molar-refractivity contribution in [1.29, 1.82) is 0 Å². The first kappa shape index (κ1) is 18.7. The van der Waals surface area contributed by atoms with Crippen molar-refractivity contribution in [3.8, 4) is 5.69 Å². The molecule has 0 saturated carbocycles. The van der Waals surface area contributed by atoms with E-state index in [4.69, 9.17) is 5.11 Å². The number of tetrazole rings is 1. The maximum absolute atomic E-state index is 12.9. The molecule has 0 aliphatic rings. The van der Waals surface area contributed by atoms with Crippen LogP contribution in [-0.4, -0.2) is 42.8 Å². The number of aromatic nitrogens is 4. The van der Waals surface area contributed by atoms with E-state index < -0.39 is 5.97 Å². The van der Waals surface area contributed by atoms with Crippen LogP contribution in [0.15, 0.2) is 53.7 Å². The first-order valence-electron chi connectivity index (χ1n) is 8.04. The number of aromatic carboxylic acids is 1. The fourth-order valence-corrected chi connectivity index (χ4v) is 3.12. The maximum atomic E-state index is 12.9. The maximum Gasteiger partial charge on any atom is 0.335 e. The van der Waals surface area contributed by atoms with Gasteiger partial charge in [-0.15, -0.1) is 5.10 Å². The van der Waals surface area contributed by atoms with E-state index in [1.54, 1.807) is 24.3 Å². The zero-order valence-electron chi connectivity index (χ0n) is 14.1. The third-order valence-corrected chi connectivity index (χ3v) is 4.75. The first-order valence-corrected chi connectivity index (χ1v) is 9.02. The molecule has 3 aromatic rings. The number of hydrogen-bond donors (Lipinski definition) is 1. The molecule has 27 heavy (non-hydrogen) atoms. The lowest BCUT2D eigenvalue weighted by Gasteiger charge is -2.05. The standard InChI is InChI=1S/C18H15FN4O3S/c19-14-6-1-12(2-7-14)3-10-16(24)11-27-18-20-21-22-23(18)15-8-4-13(5-9-15)17(25)26/h1-2,4-9H,3,10-11H2,(H,25,26). The van der Waals surface area contributed by atoms with Crippen molar-refractivity contribution in [3.63, 3.8) is 0 Å². The van der Waals surface area contributed by atoms with Crippen LogP contribution in [0.1, 0.15) is 22.3 Å². The van der Waals surface area contributed by atoms with Crippen molar-refractivity contribution >= 4 is 23.5 Å². The zero-order chi connectivity index (χ0) is 19.2. The molecular formula is C18H15FN4O3S. The predicted molar refractivity (Wildman–Crippen MR) is 96.6 cm³/mol. The van der Waals surface area contributed by atoms with Gasteiger partial charge in [-0.1, -0.05) is 23.9 Å². The number of thioether (sulfide) groups is 1. The van der Waals surface area contributed by atoms with Gasteiger partial charge in [-0.3, -0.25) is 4.79 Å². The van der Waals surface area contributed by atoms with Gasteiger partial charge in [-0.05, 0) is 58.8 Å². The summed E-state index contributed by atoms with van der Waals surface area (Å²) >= 11 is 1.21. The summed E-state index contributed by atoms with van der Waals surface area (Å²) in [6.07, 6.45) is 0.884. The predicted octanol–water partition coefficient (Wildman–Crippen LogP) is 2.79. The summed E-state index contributed by atoms with van der Waals surface area (Å²) in [6.45, 7) is 0. The summed E-state index contributed by atoms with van der Waals surface area (Å²) in [4.78, 5) is 23.0. The average molecular weight is 386 g/mol. The Balaban J connectivity index is 1.57. The highest BCUT2D eigenvalue weighted by Gasteiger charge is 2.12. The van der Waals surface area contributed by atoms with E-state index in [1.165, 1.54) is 40.7 Å². The highest BCUT2D eigenvalue weighted by Crippen LogP contribution is 2.19. The molecule has 9 heteroatoms. The van der Waals surface area contributed by atoms with Gasteiger partial charge < -0.3 is 5.11 Å². The van der Waals surface area contributed by atoms with Crippen LogP contribution in [0, 0.1) is 5.82 Å². The molecule has 0 aliphatic heterocycles. The minimum atomic E-state index is -1.01. The Morgan fingerprint density at radius 3 is 2.44 bits per heavy atom. The minimum Gasteiger partial charge on any atom is -0.478 e. The highest BCUT2D eigenvalue weighted by molar-refractivity contribution is 7.99. The number of hydrogen-bond acceptors (Lipinski definition) is 6. The Morgan fingerprint density at radius 1 is 1.07 bits per heavy atom. The van der Waals surface area contributed by atoms with E-state index in [0.29, 0.717) is 23.7 Å². The molecule has 0 fully saturated rings. The Labute approximate surface area is 158 Å². The van der Waals surface area contributed by atoms with Gasteiger partial charge in [0.25, 0.3) is 0 Å². The molecule has 2 aromatic carbocycles. The fourth-order valence-electron chi connectivity index (χ4n) is 2.33. The van der Waals surface area contributed by atoms with Crippen LogP contribution in [0.4, 0.5) is 4.39 Å². The Morgan fingerprint density at radius 2 is 1.78 bits per heavy atom. The van der Waals surface area contributed by atoms with Crippen molar-refractivity contribution in [2.45, 2.75) is 18.0 Å². The molecule has 3 rings (SSSR count). The van der Waals surface area contributed by atoms with E-state index in [-0.39, 0.29) is 22.9 Å². The lowest BCUT2D eigenvalue weighted by molar-refractivity contribution is -0.116. The lowest BCUT2D eigenvalue weighted by atomic mass is 10.1. The zero-order valence-corrected chi connectivity index (χ0v) is 14.9. The third kappa shape index (κ3) is 4.98. The van der Waals surface area contributed by atoms with Crippen molar-refractivity contribution < 1.29 is 19.1 Å². The topological polar surface area (TPSA) is 98.0 Å². The number of nitrogens with zero attached hydrogens (tertiary/aromatic N) is 4. The van der Waals surface area contributed by atoms with Crippen LogP contribution in [0.5, 0.6) is 0 Å². The number of aryl methyl sites for hydroxylation is 1. The number of halogens is 1. The monoisotopic (exact) mass is 386 g/mol. The molecule has 0 spiro atoms. The van der Waals surface area contributed by atoms with Crippen LogP contribution < -0.4 is 0 Å². The van der Waals surface area contributed by atoms with Gasteiger partial charge in [0.2, 0.25) is 5.16 Å². The number of carboxylic acid groups (broad SMARTS) is 1. The number of ketones is 1. The normalized spacial score (nSPS) is 10.7. The van der Waals surface area contributed by atoms with E-state index in [9.17, 15) is 14.0 Å². The SMILES string of the molecule is O=C(CCc1ccc(F)cc1)CSc1nnnn1-c1ccc(C(=O)O)cc1. The number of rotatable bonds is 8. The Kier molecular flexibility index (Phi) is 5.92. The molecule has 1 heterocycles. The molecule has 138 valence electrons. The number of carbonyl (C=O) groups is 2. The molecule has 0 bridgehead atoms.